The molecule has 0 fully saturated rings. The molecular formula is C19H36O5. The van der Waals surface area contributed by atoms with E-state index in [9.17, 15) is 14.7 Å². The van der Waals surface area contributed by atoms with E-state index in [2.05, 4.69) is 27.7 Å². The summed E-state index contributed by atoms with van der Waals surface area (Å²) in [6, 6.07) is 0. The Kier molecular flexibility index (Phi) is 10.2. The van der Waals surface area contributed by atoms with Crippen molar-refractivity contribution < 1.29 is 24.9 Å². The van der Waals surface area contributed by atoms with E-state index in [1.807, 2.05) is 0 Å². The van der Waals surface area contributed by atoms with E-state index in [4.69, 9.17) is 10.2 Å². The number of hydrogen-bond acceptors (Lipinski definition) is 3. The fourth-order valence-electron chi connectivity index (χ4n) is 2.92. The summed E-state index contributed by atoms with van der Waals surface area (Å²) in [7, 11) is 0. The van der Waals surface area contributed by atoms with E-state index in [1.165, 1.54) is 0 Å². The summed E-state index contributed by atoms with van der Waals surface area (Å²) in [4.78, 5) is 21.3. The van der Waals surface area contributed by atoms with Gasteiger partial charge in [0.25, 0.3) is 0 Å². The maximum Gasteiger partial charge on any atom is 0.303 e. The van der Waals surface area contributed by atoms with Gasteiger partial charge in [-0.05, 0) is 49.4 Å². The summed E-state index contributed by atoms with van der Waals surface area (Å²) in [6.07, 6.45) is 6.51. The van der Waals surface area contributed by atoms with Crippen molar-refractivity contribution in [2.24, 2.45) is 10.8 Å². The van der Waals surface area contributed by atoms with Crippen molar-refractivity contribution in [3.05, 3.63) is 0 Å². The molecule has 0 aliphatic rings. The average Bonchev–Trinajstić information content (AvgIpc) is 2.43. The highest BCUT2D eigenvalue weighted by Gasteiger charge is 2.21. The van der Waals surface area contributed by atoms with Crippen LogP contribution in [0.3, 0.4) is 0 Å². The Bertz CT molecular complexity index is 351. The van der Waals surface area contributed by atoms with Gasteiger partial charge >= 0.3 is 11.9 Å². The number of carboxylic acid groups (broad SMARTS) is 2. The zero-order chi connectivity index (χ0) is 18.8. The number of aliphatic hydroxyl groups excluding tert-OH is 1. The quantitative estimate of drug-likeness (QED) is 0.432. The smallest absolute Gasteiger partial charge is 0.303 e. The zero-order valence-corrected chi connectivity index (χ0v) is 15.8. The molecule has 0 saturated heterocycles. The molecule has 0 aromatic carbocycles. The molecule has 0 unspecified atom stereocenters. The van der Waals surface area contributed by atoms with Crippen LogP contribution in [0.5, 0.6) is 0 Å². The molecule has 0 atom stereocenters. The Labute approximate surface area is 146 Å². The maximum absolute atomic E-state index is 10.6. The van der Waals surface area contributed by atoms with Gasteiger partial charge in [-0.3, -0.25) is 9.59 Å². The Balaban J connectivity index is 3.88. The number of aliphatic hydroxyl groups is 1. The molecule has 0 amide bonds. The van der Waals surface area contributed by atoms with Gasteiger partial charge in [-0.15, -0.1) is 0 Å². The summed E-state index contributed by atoms with van der Waals surface area (Å²) in [5.41, 5.74) is -0.00609. The van der Waals surface area contributed by atoms with E-state index in [0.29, 0.717) is 12.8 Å². The summed E-state index contributed by atoms with van der Waals surface area (Å²) in [5.74, 6) is -1.51. The topological polar surface area (TPSA) is 94.8 Å². The molecule has 0 bridgehead atoms. The molecule has 0 aliphatic heterocycles. The van der Waals surface area contributed by atoms with E-state index < -0.39 is 11.9 Å². The van der Waals surface area contributed by atoms with Crippen LogP contribution in [0, 0.1) is 10.8 Å². The minimum Gasteiger partial charge on any atom is -0.481 e. The molecule has 0 aromatic heterocycles. The highest BCUT2D eigenvalue weighted by molar-refractivity contribution is 5.66. The molecular weight excluding hydrogens is 308 g/mol. The van der Waals surface area contributed by atoms with Gasteiger partial charge in [-0.25, -0.2) is 0 Å². The summed E-state index contributed by atoms with van der Waals surface area (Å²) < 4.78 is 0. The minimum atomic E-state index is -0.756. The van der Waals surface area contributed by atoms with Gasteiger partial charge in [-0.2, -0.15) is 0 Å². The van der Waals surface area contributed by atoms with E-state index in [1.54, 1.807) is 0 Å². The zero-order valence-electron chi connectivity index (χ0n) is 15.8. The first-order chi connectivity index (χ1) is 10.9. The molecule has 0 saturated carbocycles. The lowest BCUT2D eigenvalue weighted by atomic mass is 9.81. The van der Waals surface area contributed by atoms with Crippen LogP contribution in [0.2, 0.25) is 0 Å². The lowest BCUT2D eigenvalue weighted by Gasteiger charge is -2.25. The normalized spacial score (nSPS) is 12.6. The molecule has 0 rings (SSSR count). The van der Waals surface area contributed by atoms with Crippen molar-refractivity contribution in [3.8, 4) is 0 Å². The number of rotatable bonds is 14. The SMILES string of the molecule is CC(C)(CCCC(O)CCCC(C)(C)CCC(=O)O)CCC(=O)O. The molecule has 0 heterocycles. The minimum absolute atomic E-state index is 0.00304. The van der Waals surface area contributed by atoms with Gasteiger partial charge in [0, 0.05) is 12.8 Å². The van der Waals surface area contributed by atoms with Crippen molar-refractivity contribution in [1.29, 1.82) is 0 Å². The van der Waals surface area contributed by atoms with Crippen LogP contribution in [0.25, 0.3) is 0 Å². The second-order valence-electron chi connectivity index (χ2n) is 8.55. The number of aliphatic carboxylic acids is 2. The molecule has 0 aromatic rings. The Morgan fingerprint density at radius 2 is 1.08 bits per heavy atom. The first kappa shape index (κ1) is 22.9. The fourth-order valence-corrected chi connectivity index (χ4v) is 2.92. The highest BCUT2D eigenvalue weighted by Crippen LogP contribution is 2.31. The predicted molar refractivity (Wildman–Crippen MR) is 95.0 cm³/mol. The van der Waals surface area contributed by atoms with Gasteiger partial charge in [0.2, 0.25) is 0 Å². The first-order valence-corrected chi connectivity index (χ1v) is 9.05. The lowest BCUT2D eigenvalue weighted by Crippen LogP contribution is -2.16. The van der Waals surface area contributed by atoms with Crippen molar-refractivity contribution in [1.82, 2.24) is 0 Å². The van der Waals surface area contributed by atoms with Crippen LogP contribution in [-0.2, 0) is 9.59 Å². The first-order valence-electron chi connectivity index (χ1n) is 9.05. The molecule has 5 heteroatoms. The molecule has 3 N–H and O–H groups in total. The average molecular weight is 344 g/mol. The molecule has 5 nitrogen and oxygen atoms in total. The third kappa shape index (κ3) is 13.3. The number of hydrogen-bond donors (Lipinski definition) is 3. The van der Waals surface area contributed by atoms with Crippen LogP contribution in [0.1, 0.15) is 91.9 Å². The molecule has 0 radical (unpaired) electrons. The van der Waals surface area contributed by atoms with Crippen LogP contribution in [0.15, 0.2) is 0 Å². The van der Waals surface area contributed by atoms with E-state index in [-0.39, 0.29) is 29.8 Å². The third-order valence-corrected chi connectivity index (χ3v) is 4.81. The van der Waals surface area contributed by atoms with Gasteiger partial charge < -0.3 is 15.3 Å². The van der Waals surface area contributed by atoms with Gasteiger partial charge in [-0.1, -0.05) is 40.5 Å². The third-order valence-electron chi connectivity index (χ3n) is 4.81. The van der Waals surface area contributed by atoms with Crippen molar-refractivity contribution in [3.63, 3.8) is 0 Å². The second-order valence-corrected chi connectivity index (χ2v) is 8.55. The van der Waals surface area contributed by atoms with E-state index in [0.717, 1.165) is 38.5 Å². The Morgan fingerprint density at radius 1 is 0.750 bits per heavy atom. The van der Waals surface area contributed by atoms with Crippen molar-refractivity contribution in [2.45, 2.75) is 98.0 Å². The summed E-state index contributed by atoms with van der Waals surface area (Å²) in [6.45, 7) is 8.31. The standard InChI is InChI=1S/C19H36O5/c1-18(2,13-9-16(21)22)11-5-7-15(20)8-6-12-19(3,4)14-10-17(23)24/h15,20H,5-14H2,1-4H3,(H,21,22)(H,23,24). The fraction of sp³-hybridized carbons (Fsp3) is 0.895. The highest BCUT2D eigenvalue weighted by atomic mass is 16.4. The van der Waals surface area contributed by atoms with Gasteiger partial charge in [0.15, 0.2) is 0 Å². The molecule has 24 heavy (non-hydrogen) atoms. The predicted octanol–water partition coefficient (Wildman–Crippen LogP) is 4.47. The monoisotopic (exact) mass is 344 g/mol. The molecule has 0 spiro atoms. The Morgan fingerprint density at radius 3 is 1.38 bits per heavy atom. The van der Waals surface area contributed by atoms with E-state index >= 15 is 0 Å². The molecule has 142 valence electrons. The molecule has 0 aliphatic carbocycles. The summed E-state index contributed by atoms with van der Waals surface area (Å²) >= 11 is 0. The van der Waals surface area contributed by atoms with Crippen LogP contribution < -0.4 is 0 Å². The van der Waals surface area contributed by atoms with Crippen molar-refractivity contribution >= 4 is 11.9 Å². The van der Waals surface area contributed by atoms with Crippen LogP contribution in [0.4, 0.5) is 0 Å². The largest absolute Gasteiger partial charge is 0.481 e. The van der Waals surface area contributed by atoms with Crippen molar-refractivity contribution in [2.75, 3.05) is 0 Å². The Hall–Kier alpha value is -1.10. The number of carboxylic acids is 2. The summed E-state index contributed by atoms with van der Waals surface area (Å²) in [5, 5.41) is 27.6. The van der Waals surface area contributed by atoms with Gasteiger partial charge in [0.1, 0.15) is 0 Å². The maximum atomic E-state index is 10.6. The van der Waals surface area contributed by atoms with Gasteiger partial charge in [0.05, 0.1) is 6.10 Å². The number of carbonyl (C=O) groups is 2. The lowest BCUT2D eigenvalue weighted by molar-refractivity contribution is -0.138. The van der Waals surface area contributed by atoms with Crippen LogP contribution >= 0.6 is 0 Å². The van der Waals surface area contributed by atoms with Crippen LogP contribution in [-0.4, -0.2) is 33.4 Å². The second kappa shape index (κ2) is 10.7.